The molecule has 33 heavy (non-hydrogen) atoms. The Morgan fingerprint density at radius 1 is 1.27 bits per heavy atom. The Kier molecular flexibility index (Phi) is 7.26. The predicted molar refractivity (Wildman–Crippen MR) is 122 cm³/mol. The fourth-order valence-electron chi connectivity index (χ4n) is 5.71. The van der Waals surface area contributed by atoms with E-state index in [2.05, 4.69) is 5.32 Å². The lowest BCUT2D eigenvalue weighted by Gasteiger charge is -2.33. The van der Waals surface area contributed by atoms with Crippen LogP contribution in [0, 0.1) is 11.8 Å². The summed E-state index contributed by atoms with van der Waals surface area (Å²) in [6, 6.07) is 6.09. The van der Waals surface area contributed by atoms with Crippen LogP contribution in [-0.4, -0.2) is 65.3 Å². The quantitative estimate of drug-likeness (QED) is 0.395. The summed E-state index contributed by atoms with van der Waals surface area (Å²) >= 11 is 6.25. The summed E-state index contributed by atoms with van der Waals surface area (Å²) in [6.45, 7) is 2.47. The van der Waals surface area contributed by atoms with Gasteiger partial charge < -0.3 is 24.8 Å². The number of anilines is 1. The van der Waals surface area contributed by atoms with Crippen molar-refractivity contribution in [2.75, 3.05) is 25.1 Å². The van der Waals surface area contributed by atoms with E-state index in [1.165, 1.54) is 0 Å². The van der Waals surface area contributed by atoms with E-state index in [-0.39, 0.29) is 25.0 Å². The smallest absolute Gasteiger partial charge is 0.312 e. The second-order valence-corrected chi connectivity index (χ2v) is 9.35. The van der Waals surface area contributed by atoms with Gasteiger partial charge in [-0.1, -0.05) is 36.6 Å². The molecule has 4 rings (SSSR count). The molecular formula is C24H31ClN2O6. The molecule has 0 unspecified atom stereocenters. The Labute approximate surface area is 198 Å². The first-order chi connectivity index (χ1) is 15.9. The molecule has 1 aromatic carbocycles. The molecule has 0 aliphatic carbocycles. The van der Waals surface area contributed by atoms with E-state index < -0.39 is 35.6 Å². The van der Waals surface area contributed by atoms with Crippen molar-refractivity contribution in [3.8, 4) is 0 Å². The number of likely N-dealkylation sites (tertiary alicyclic amines) is 1. The number of hydrogen-bond donors (Lipinski definition) is 2. The van der Waals surface area contributed by atoms with Gasteiger partial charge in [-0.25, -0.2) is 0 Å². The second kappa shape index (κ2) is 9.99. The Hall–Kier alpha value is -2.16. The lowest BCUT2D eigenvalue weighted by molar-refractivity contribution is -0.154. The third kappa shape index (κ3) is 4.24. The van der Waals surface area contributed by atoms with E-state index in [0.717, 1.165) is 12.8 Å². The molecule has 0 radical (unpaired) electrons. The Bertz CT molecular complexity index is 911. The van der Waals surface area contributed by atoms with Crippen molar-refractivity contribution in [1.82, 2.24) is 4.90 Å². The second-order valence-electron chi connectivity index (χ2n) is 8.95. The van der Waals surface area contributed by atoms with Crippen molar-refractivity contribution in [3.05, 3.63) is 29.3 Å². The molecule has 1 aromatic rings. The number of esters is 1. The van der Waals surface area contributed by atoms with Gasteiger partial charge in [-0.3, -0.25) is 14.4 Å². The molecule has 9 heteroatoms. The van der Waals surface area contributed by atoms with Crippen LogP contribution in [0.5, 0.6) is 0 Å². The SMILES string of the molecule is CCOC(=O)[C@@H]1[C@H]2C(=O)N(CCCCCCO)[C@H](C(=O)Nc3ccccc3Cl)[C@]23CC[C@H]1O3. The third-order valence-electron chi connectivity index (χ3n) is 7.05. The molecular weight excluding hydrogens is 448 g/mol. The zero-order valence-electron chi connectivity index (χ0n) is 18.8. The van der Waals surface area contributed by atoms with Gasteiger partial charge in [-0.15, -0.1) is 0 Å². The van der Waals surface area contributed by atoms with Crippen LogP contribution in [0.4, 0.5) is 5.69 Å². The summed E-state index contributed by atoms with van der Waals surface area (Å²) < 4.78 is 11.6. The van der Waals surface area contributed by atoms with Gasteiger partial charge in [-0.05, 0) is 44.7 Å². The molecule has 3 fully saturated rings. The van der Waals surface area contributed by atoms with E-state index in [0.29, 0.717) is 42.9 Å². The van der Waals surface area contributed by atoms with E-state index in [1.807, 2.05) is 0 Å². The van der Waals surface area contributed by atoms with Crippen LogP contribution in [0.15, 0.2) is 24.3 Å². The number of nitrogens with one attached hydrogen (secondary N) is 1. The highest BCUT2D eigenvalue weighted by Crippen LogP contribution is 2.58. The van der Waals surface area contributed by atoms with Crippen molar-refractivity contribution in [2.45, 2.75) is 63.2 Å². The molecule has 0 aromatic heterocycles. The van der Waals surface area contributed by atoms with Crippen LogP contribution in [0.2, 0.25) is 5.02 Å². The number of hydrogen-bond acceptors (Lipinski definition) is 6. The molecule has 3 saturated heterocycles. The van der Waals surface area contributed by atoms with Gasteiger partial charge in [0.25, 0.3) is 0 Å². The van der Waals surface area contributed by atoms with Crippen LogP contribution in [0.3, 0.4) is 0 Å². The minimum absolute atomic E-state index is 0.132. The number of rotatable bonds is 10. The maximum absolute atomic E-state index is 13.6. The molecule has 2 amide bonds. The van der Waals surface area contributed by atoms with Crippen LogP contribution < -0.4 is 5.32 Å². The summed E-state index contributed by atoms with van der Waals surface area (Å²) in [7, 11) is 0. The maximum atomic E-state index is 13.6. The van der Waals surface area contributed by atoms with Crippen molar-refractivity contribution in [3.63, 3.8) is 0 Å². The number of unbranched alkanes of at least 4 members (excludes halogenated alkanes) is 3. The molecule has 1 spiro atoms. The number of halogens is 1. The van der Waals surface area contributed by atoms with Crippen LogP contribution in [0.1, 0.15) is 45.4 Å². The fourth-order valence-corrected chi connectivity index (χ4v) is 5.89. The molecule has 3 aliphatic heterocycles. The first kappa shape index (κ1) is 24.0. The molecule has 2 N–H and O–H groups in total. The van der Waals surface area contributed by atoms with Crippen LogP contribution in [-0.2, 0) is 23.9 Å². The molecule has 180 valence electrons. The monoisotopic (exact) mass is 478 g/mol. The van der Waals surface area contributed by atoms with Gasteiger partial charge in [0, 0.05) is 13.2 Å². The van der Waals surface area contributed by atoms with Crippen molar-refractivity contribution >= 4 is 35.1 Å². The number of para-hydroxylation sites is 1. The summed E-state index contributed by atoms with van der Waals surface area (Å²) in [5, 5.41) is 12.3. The highest BCUT2D eigenvalue weighted by molar-refractivity contribution is 6.33. The number of benzene rings is 1. The third-order valence-corrected chi connectivity index (χ3v) is 7.38. The highest BCUT2D eigenvalue weighted by atomic mass is 35.5. The summed E-state index contributed by atoms with van der Waals surface area (Å²) in [5.74, 6) is -2.44. The minimum atomic E-state index is -1.05. The van der Waals surface area contributed by atoms with Gasteiger partial charge in [-0.2, -0.15) is 0 Å². The Morgan fingerprint density at radius 3 is 2.76 bits per heavy atom. The number of aliphatic hydroxyl groups excluding tert-OH is 1. The van der Waals surface area contributed by atoms with Gasteiger partial charge in [0.15, 0.2) is 0 Å². The average Bonchev–Trinajstić information content (AvgIpc) is 3.43. The Balaban J connectivity index is 1.62. The summed E-state index contributed by atoms with van der Waals surface area (Å²) in [6.07, 6.45) is 3.78. The molecule has 0 saturated carbocycles. The van der Waals surface area contributed by atoms with E-state index in [1.54, 1.807) is 36.1 Å². The zero-order valence-corrected chi connectivity index (χ0v) is 19.6. The summed E-state index contributed by atoms with van der Waals surface area (Å²) in [5.41, 5.74) is -0.579. The van der Waals surface area contributed by atoms with Gasteiger partial charge in [0.05, 0.1) is 35.3 Å². The number of fused-ring (bicyclic) bond motifs is 1. The first-order valence-corrected chi connectivity index (χ1v) is 12.1. The van der Waals surface area contributed by atoms with Gasteiger partial charge in [0.2, 0.25) is 11.8 Å². The fraction of sp³-hybridized carbons (Fsp3) is 0.625. The van der Waals surface area contributed by atoms with Crippen molar-refractivity contribution in [2.24, 2.45) is 11.8 Å². The predicted octanol–water partition coefficient (Wildman–Crippen LogP) is 2.77. The van der Waals surface area contributed by atoms with E-state index in [4.69, 9.17) is 26.2 Å². The van der Waals surface area contributed by atoms with Gasteiger partial charge in [0.1, 0.15) is 11.6 Å². The topological polar surface area (TPSA) is 105 Å². The number of amides is 2. The standard InChI is InChI=1S/C24H31ClN2O6/c1-2-32-23(31)18-17-11-12-24(33-17)19(18)22(30)27(13-7-3-4-8-14-28)20(24)21(29)26-16-10-6-5-9-15(16)25/h5-6,9-10,17-20,28H,2-4,7-8,11-14H2,1H3,(H,26,29)/t17-,18+,19+,20-,24+/m1/s1. The first-order valence-electron chi connectivity index (χ1n) is 11.8. The number of nitrogens with zero attached hydrogens (tertiary/aromatic N) is 1. The zero-order chi connectivity index (χ0) is 23.6. The number of ether oxygens (including phenoxy) is 2. The number of carbonyl (C=O) groups excluding carboxylic acids is 3. The number of aliphatic hydroxyl groups is 1. The summed E-state index contributed by atoms with van der Waals surface area (Å²) in [4.78, 5) is 41.6. The van der Waals surface area contributed by atoms with E-state index in [9.17, 15) is 14.4 Å². The maximum Gasteiger partial charge on any atom is 0.312 e. The molecule has 3 heterocycles. The molecule has 3 aliphatic rings. The van der Waals surface area contributed by atoms with Crippen LogP contribution >= 0.6 is 11.6 Å². The molecule has 5 atom stereocenters. The van der Waals surface area contributed by atoms with Gasteiger partial charge >= 0.3 is 5.97 Å². The largest absolute Gasteiger partial charge is 0.466 e. The lowest BCUT2D eigenvalue weighted by atomic mass is 9.71. The highest BCUT2D eigenvalue weighted by Gasteiger charge is 2.74. The lowest BCUT2D eigenvalue weighted by Crippen LogP contribution is -2.53. The molecule has 2 bridgehead atoms. The van der Waals surface area contributed by atoms with E-state index >= 15 is 0 Å². The van der Waals surface area contributed by atoms with Crippen molar-refractivity contribution in [1.29, 1.82) is 0 Å². The van der Waals surface area contributed by atoms with Crippen LogP contribution in [0.25, 0.3) is 0 Å². The number of carbonyl (C=O) groups is 3. The minimum Gasteiger partial charge on any atom is -0.466 e. The molecule has 8 nitrogen and oxygen atoms in total. The normalized spacial score (nSPS) is 29.9. The average molecular weight is 479 g/mol. The van der Waals surface area contributed by atoms with Crippen molar-refractivity contribution < 1.29 is 29.0 Å². The Morgan fingerprint density at radius 2 is 2.03 bits per heavy atom.